The van der Waals surface area contributed by atoms with Gasteiger partial charge in [0.2, 0.25) is 0 Å². The summed E-state index contributed by atoms with van der Waals surface area (Å²) < 4.78 is 0.920. The molecule has 0 aliphatic heterocycles. The molecule has 1 aromatic rings. The van der Waals surface area contributed by atoms with E-state index in [-0.39, 0.29) is 18.4 Å². The summed E-state index contributed by atoms with van der Waals surface area (Å²) in [5, 5.41) is 11.2. The molecule has 6 heteroatoms. The quantitative estimate of drug-likeness (QED) is 0.897. The van der Waals surface area contributed by atoms with Gasteiger partial charge in [0, 0.05) is 6.04 Å². The fourth-order valence-electron chi connectivity index (χ4n) is 1.18. The number of nitrogens with one attached hydrogen (secondary N) is 1. The Bertz CT molecular complexity index is 397. The average Bonchev–Trinajstić information content (AvgIpc) is 2.45. The van der Waals surface area contributed by atoms with E-state index in [0.29, 0.717) is 4.88 Å². The van der Waals surface area contributed by atoms with E-state index in [1.807, 2.05) is 6.92 Å². The van der Waals surface area contributed by atoms with Crippen molar-refractivity contribution in [1.29, 1.82) is 0 Å². The molecule has 0 aliphatic carbocycles. The molecular formula is C10H12BrNO3S. The number of hydrogen-bond donors (Lipinski definition) is 2. The number of aliphatic carboxylic acids is 1. The van der Waals surface area contributed by atoms with Gasteiger partial charge in [0.25, 0.3) is 5.91 Å². The molecule has 16 heavy (non-hydrogen) atoms. The Morgan fingerprint density at radius 1 is 1.62 bits per heavy atom. The van der Waals surface area contributed by atoms with Crippen LogP contribution < -0.4 is 5.32 Å². The lowest BCUT2D eigenvalue weighted by atomic mass is 10.2. The van der Waals surface area contributed by atoms with Gasteiger partial charge in [-0.05, 0) is 41.4 Å². The number of aryl methyl sites for hydroxylation is 1. The number of amides is 1. The van der Waals surface area contributed by atoms with Crippen LogP contribution in [0, 0.1) is 6.92 Å². The first-order valence-electron chi connectivity index (χ1n) is 4.68. The van der Waals surface area contributed by atoms with E-state index in [9.17, 15) is 9.59 Å². The number of carbonyl (C=O) groups excluding carboxylic acids is 1. The summed E-state index contributed by atoms with van der Waals surface area (Å²) in [5.41, 5.74) is 1.00. The van der Waals surface area contributed by atoms with Gasteiger partial charge in [-0.25, -0.2) is 0 Å². The Labute approximate surface area is 106 Å². The summed E-state index contributed by atoms with van der Waals surface area (Å²) in [5.74, 6) is -1.15. The SMILES string of the molecule is Cc1cc(C(=O)NC(C)CC(=O)O)sc1Br. The molecule has 1 rings (SSSR count). The van der Waals surface area contributed by atoms with Gasteiger partial charge in [-0.1, -0.05) is 0 Å². The van der Waals surface area contributed by atoms with E-state index in [1.54, 1.807) is 13.0 Å². The summed E-state index contributed by atoms with van der Waals surface area (Å²) in [6.07, 6.45) is -0.0722. The van der Waals surface area contributed by atoms with E-state index in [2.05, 4.69) is 21.2 Å². The fourth-order valence-corrected chi connectivity index (χ4v) is 2.62. The van der Waals surface area contributed by atoms with Crippen molar-refractivity contribution in [2.45, 2.75) is 26.3 Å². The van der Waals surface area contributed by atoms with Crippen LogP contribution in [0.25, 0.3) is 0 Å². The van der Waals surface area contributed by atoms with Gasteiger partial charge < -0.3 is 10.4 Å². The first-order valence-corrected chi connectivity index (χ1v) is 6.29. The molecule has 0 saturated heterocycles. The molecule has 1 unspecified atom stereocenters. The molecule has 0 bridgehead atoms. The highest BCUT2D eigenvalue weighted by molar-refractivity contribution is 9.11. The molecule has 2 N–H and O–H groups in total. The smallest absolute Gasteiger partial charge is 0.305 e. The second-order valence-electron chi connectivity index (χ2n) is 3.54. The lowest BCUT2D eigenvalue weighted by molar-refractivity contribution is -0.137. The lowest BCUT2D eigenvalue weighted by Gasteiger charge is -2.09. The average molecular weight is 306 g/mol. The first-order chi connectivity index (χ1) is 7.40. The van der Waals surface area contributed by atoms with Crippen LogP contribution in [0.4, 0.5) is 0 Å². The molecule has 0 radical (unpaired) electrons. The Balaban J connectivity index is 2.62. The van der Waals surface area contributed by atoms with Crippen molar-refractivity contribution in [2.75, 3.05) is 0 Å². The van der Waals surface area contributed by atoms with Gasteiger partial charge in [-0.3, -0.25) is 9.59 Å². The number of halogens is 1. The third-order valence-electron chi connectivity index (χ3n) is 1.94. The molecule has 1 heterocycles. The Kier molecular flexibility index (Phi) is 4.49. The Morgan fingerprint density at radius 2 is 2.25 bits per heavy atom. The standard InChI is InChI=1S/C10H12BrNO3S/c1-5-3-7(16-9(5)11)10(15)12-6(2)4-8(13)14/h3,6H,4H2,1-2H3,(H,12,15)(H,13,14). The number of carbonyl (C=O) groups is 2. The van der Waals surface area contributed by atoms with Crippen LogP contribution in [0.1, 0.15) is 28.6 Å². The monoisotopic (exact) mass is 305 g/mol. The minimum atomic E-state index is -0.920. The topological polar surface area (TPSA) is 66.4 Å². The number of hydrogen-bond acceptors (Lipinski definition) is 3. The summed E-state index contributed by atoms with van der Waals surface area (Å²) in [4.78, 5) is 22.7. The second-order valence-corrected chi connectivity index (χ2v) is 5.91. The number of carboxylic acids is 1. The van der Waals surface area contributed by atoms with Crippen molar-refractivity contribution < 1.29 is 14.7 Å². The van der Waals surface area contributed by atoms with Crippen LogP contribution in [0.15, 0.2) is 9.85 Å². The van der Waals surface area contributed by atoms with E-state index in [0.717, 1.165) is 9.35 Å². The molecule has 1 atom stereocenters. The van der Waals surface area contributed by atoms with Gasteiger partial charge in [-0.15, -0.1) is 11.3 Å². The van der Waals surface area contributed by atoms with Gasteiger partial charge >= 0.3 is 5.97 Å². The third kappa shape index (κ3) is 3.61. The van der Waals surface area contributed by atoms with Crippen LogP contribution in [-0.4, -0.2) is 23.0 Å². The molecule has 4 nitrogen and oxygen atoms in total. The van der Waals surface area contributed by atoms with Crippen LogP contribution in [0.2, 0.25) is 0 Å². The maximum absolute atomic E-state index is 11.7. The third-order valence-corrected chi connectivity index (χ3v) is 4.07. The molecule has 0 aromatic carbocycles. The summed E-state index contributed by atoms with van der Waals surface area (Å²) in [6, 6.07) is 1.41. The van der Waals surface area contributed by atoms with Crippen LogP contribution in [0.5, 0.6) is 0 Å². The van der Waals surface area contributed by atoms with Crippen molar-refractivity contribution in [3.05, 3.63) is 20.3 Å². The highest BCUT2D eigenvalue weighted by Gasteiger charge is 2.15. The number of rotatable bonds is 4. The second kappa shape index (κ2) is 5.45. The largest absolute Gasteiger partial charge is 0.481 e. The van der Waals surface area contributed by atoms with E-state index >= 15 is 0 Å². The van der Waals surface area contributed by atoms with Crippen molar-refractivity contribution in [1.82, 2.24) is 5.32 Å². The lowest BCUT2D eigenvalue weighted by Crippen LogP contribution is -2.33. The molecular weight excluding hydrogens is 294 g/mol. The first kappa shape index (κ1) is 13.2. The molecule has 1 amide bonds. The number of carboxylic acid groups (broad SMARTS) is 1. The molecule has 1 aromatic heterocycles. The summed E-state index contributed by atoms with van der Waals surface area (Å²) >= 11 is 4.68. The maximum Gasteiger partial charge on any atom is 0.305 e. The summed E-state index contributed by atoms with van der Waals surface area (Å²) in [7, 11) is 0. The predicted octanol–water partition coefficient (Wildman–Crippen LogP) is 2.41. The van der Waals surface area contributed by atoms with Crippen LogP contribution in [-0.2, 0) is 4.79 Å². The van der Waals surface area contributed by atoms with E-state index in [1.165, 1.54) is 11.3 Å². The zero-order chi connectivity index (χ0) is 12.3. The molecule has 0 spiro atoms. The zero-order valence-corrected chi connectivity index (χ0v) is 11.3. The Morgan fingerprint density at radius 3 is 2.69 bits per heavy atom. The fraction of sp³-hybridized carbons (Fsp3) is 0.400. The van der Waals surface area contributed by atoms with Gasteiger partial charge in [0.1, 0.15) is 0 Å². The zero-order valence-electron chi connectivity index (χ0n) is 8.91. The minimum Gasteiger partial charge on any atom is -0.481 e. The van der Waals surface area contributed by atoms with Crippen LogP contribution in [0.3, 0.4) is 0 Å². The maximum atomic E-state index is 11.7. The van der Waals surface area contributed by atoms with Crippen molar-refractivity contribution in [3.8, 4) is 0 Å². The molecule has 0 aliphatic rings. The predicted molar refractivity (Wildman–Crippen MR) is 65.9 cm³/mol. The normalized spacial score (nSPS) is 12.2. The van der Waals surface area contributed by atoms with Crippen molar-refractivity contribution in [3.63, 3.8) is 0 Å². The molecule has 0 fully saturated rings. The van der Waals surface area contributed by atoms with Crippen molar-refractivity contribution >= 4 is 39.1 Å². The van der Waals surface area contributed by atoms with Gasteiger partial charge in [0.15, 0.2) is 0 Å². The highest BCUT2D eigenvalue weighted by Crippen LogP contribution is 2.27. The van der Waals surface area contributed by atoms with Crippen molar-refractivity contribution in [2.24, 2.45) is 0 Å². The summed E-state index contributed by atoms with van der Waals surface area (Å²) in [6.45, 7) is 3.57. The Hall–Kier alpha value is -0.880. The van der Waals surface area contributed by atoms with E-state index in [4.69, 9.17) is 5.11 Å². The highest BCUT2D eigenvalue weighted by atomic mass is 79.9. The van der Waals surface area contributed by atoms with Crippen LogP contribution >= 0.6 is 27.3 Å². The van der Waals surface area contributed by atoms with E-state index < -0.39 is 5.97 Å². The number of thiophene rings is 1. The van der Waals surface area contributed by atoms with Gasteiger partial charge in [0.05, 0.1) is 15.1 Å². The minimum absolute atomic E-state index is 0.0722. The molecule has 88 valence electrons. The molecule has 0 saturated carbocycles. The van der Waals surface area contributed by atoms with Gasteiger partial charge in [-0.2, -0.15) is 0 Å².